The Morgan fingerprint density at radius 3 is 0.333 bits per heavy atom. The summed E-state index contributed by atoms with van der Waals surface area (Å²) in [5.41, 5.74) is 0. The molecule has 0 bridgehead atoms. The predicted octanol–water partition coefficient (Wildman–Crippen LogP) is -27.0. The van der Waals surface area contributed by atoms with Crippen LogP contribution in [-0.4, -0.2) is 0 Å². The molecule has 1 radical (unpaired) electrons. The van der Waals surface area contributed by atoms with Crippen LogP contribution >= 0.6 is 0 Å². The van der Waals surface area contributed by atoms with Crippen LogP contribution in [-0.2, 0) is 32.7 Å². The summed E-state index contributed by atoms with van der Waals surface area (Å²) in [5.74, 6) is 0. The number of halogens is 9. The largest absolute Gasteiger partial charge is 3.00 e. The van der Waals surface area contributed by atoms with E-state index in [4.69, 9.17) is 0 Å². The fraction of sp³-hybridized carbons (Fsp3) is 0. The van der Waals surface area contributed by atoms with Crippen molar-refractivity contribution in [1.29, 1.82) is 0 Å². The van der Waals surface area contributed by atoms with Gasteiger partial charge in [-0.2, -0.15) is 0 Å². The van der Waals surface area contributed by atoms with Gasteiger partial charge in [-0.1, -0.05) is 0 Å². The van der Waals surface area contributed by atoms with Gasteiger partial charge in [-0.15, -0.1) is 0 Å². The van der Waals surface area contributed by atoms with Gasteiger partial charge >= 0.3 is 108 Å². The van der Waals surface area contributed by atoms with E-state index in [-0.39, 0.29) is 219 Å². The standard InChI is InChI=1S/9ClH.Er.Ho.Y/h9*1H;;;/q;;;;;;;;;3*+3/p-9. The first-order valence-electron chi connectivity index (χ1n) is 0. The van der Waals surface area contributed by atoms with Crippen LogP contribution in [0.4, 0.5) is 0 Å². The Kier molecular flexibility index (Phi) is 1360. The first-order valence-corrected chi connectivity index (χ1v) is 0. The van der Waals surface area contributed by atoms with Crippen molar-refractivity contribution < 1.29 is 219 Å². The zero-order chi connectivity index (χ0) is 0. The Morgan fingerprint density at radius 2 is 0.333 bits per heavy atom. The molecule has 0 aromatic rings. The molecule has 0 aromatic heterocycles. The summed E-state index contributed by atoms with van der Waals surface area (Å²) in [7, 11) is 0. The molecule has 0 fully saturated rings. The molecule has 0 saturated heterocycles. The van der Waals surface area contributed by atoms with Crippen molar-refractivity contribution in [3.05, 3.63) is 0 Å². The number of hydrogen-bond donors (Lipinski definition) is 0. The van der Waals surface area contributed by atoms with Crippen LogP contribution in [0.5, 0.6) is 0 Å². The minimum absolute atomic E-state index is 0. The third-order valence-electron chi connectivity index (χ3n) is 0. The van der Waals surface area contributed by atoms with Gasteiger partial charge in [0.1, 0.15) is 0 Å². The van der Waals surface area contributed by atoms with Crippen LogP contribution in [0.25, 0.3) is 0 Å². The molecule has 12 heteroatoms. The predicted molar refractivity (Wildman–Crippen MR) is 0 cm³/mol. The molecule has 0 spiro atoms. The van der Waals surface area contributed by atoms with Gasteiger partial charge in [0.25, 0.3) is 0 Å². The van der Waals surface area contributed by atoms with E-state index < -0.39 is 0 Å². The van der Waals surface area contributed by atoms with E-state index in [1.807, 2.05) is 0 Å². The summed E-state index contributed by atoms with van der Waals surface area (Å²) < 4.78 is 0. The first-order chi connectivity index (χ1) is 0. The molecule has 0 nitrogen and oxygen atoms in total. The van der Waals surface area contributed by atoms with Gasteiger partial charge in [0.05, 0.1) is 0 Å². The van der Waals surface area contributed by atoms with Crippen molar-refractivity contribution in [2.24, 2.45) is 0 Å². The molecule has 0 aliphatic carbocycles. The molecule has 0 unspecified atom stereocenters. The summed E-state index contributed by atoms with van der Waals surface area (Å²) >= 11 is 0. The molecular weight excluding hydrogens is 740 g/mol. The molecule has 0 atom stereocenters. The molecule has 0 heterocycles. The number of hydrogen-bond acceptors (Lipinski definition) is 0. The SMILES string of the molecule is [Cl-].[Cl-].[Cl-].[Cl-].[Cl-].[Cl-].[Cl-].[Cl-].[Cl-].[Er+3].[Ho+3].[Y+3]. The Morgan fingerprint density at radius 1 is 0.333 bits per heavy atom. The molecule has 0 aliphatic heterocycles. The van der Waals surface area contributed by atoms with Crippen LogP contribution in [0, 0.1) is 75.0 Å². The zero-order valence-electron chi connectivity index (χ0n) is 4.57. The van der Waals surface area contributed by atoms with Crippen molar-refractivity contribution in [1.82, 2.24) is 0 Å². The summed E-state index contributed by atoms with van der Waals surface area (Å²) in [5, 5.41) is 0. The fourth-order valence-corrected chi connectivity index (χ4v) is 0. The summed E-state index contributed by atoms with van der Waals surface area (Å²) in [6, 6.07) is 0. The summed E-state index contributed by atoms with van der Waals surface area (Å²) in [6.45, 7) is 0. The molecule has 0 aromatic carbocycles. The van der Waals surface area contributed by atoms with Crippen LogP contribution in [0.15, 0.2) is 0 Å². The Balaban J connectivity index is 0. The third kappa shape index (κ3) is 97.1. The minimum atomic E-state index is 0. The van der Waals surface area contributed by atoms with E-state index in [0.717, 1.165) is 0 Å². The normalized spacial score (nSPS) is 0. The zero-order valence-corrected chi connectivity index (χ0v) is 18.0. The Hall–Kier alpha value is 6.22. The second-order valence-electron chi connectivity index (χ2n) is 0. The van der Waals surface area contributed by atoms with Gasteiger partial charge in [0, 0.05) is 0 Å². The van der Waals surface area contributed by atoms with E-state index in [0.29, 0.717) is 0 Å². The van der Waals surface area contributed by atoms with Crippen molar-refractivity contribution in [3.63, 3.8) is 0 Å². The smallest absolute Gasteiger partial charge is 1.00 e. The van der Waals surface area contributed by atoms with Gasteiger partial charge in [-0.3, -0.25) is 0 Å². The Bertz CT molecular complexity index is 14.5. The maximum Gasteiger partial charge on any atom is 3.00 e. The average molecular weight is 740 g/mol. The first kappa shape index (κ1) is 140. The second kappa shape index (κ2) is 117. The monoisotopic (exact) mass is 734 g/mol. The van der Waals surface area contributed by atoms with Crippen LogP contribution in [0.3, 0.4) is 0 Å². The molecule has 0 aliphatic rings. The minimum Gasteiger partial charge on any atom is -1.00 e. The molecule has 0 N–H and O–H groups in total. The fourth-order valence-electron chi connectivity index (χ4n) is 0. The average Bonchev–Trinajstić information content (AvgIpc) is 0. The van der Waals surface area contributed by atoms with E-state index in [9.17, 15) is 0 Å². The molecule has 12 heavy (non-hydrogen) atoms. The molecule has 0 rings (SSSR count). The van der Waals surface area contributed by atoms with Gasteiger partial charge in [0.15, 0.2) is 0 Å². The van der Waals surface area contributed by atoms with E-state index in [2.05, 4.69) is 0 Å². The molecule has 0 amide bonds. The van der Waals surface area contributed by atoms with Gasteiger partial charge in [-0.25, -0.2) is 0 Å². The topological polar surface area (TPSA) is 0 Å². The van der Waals surface area contributed by atoms with Crippen molar-refractivity contribution in [2.75, 3.05) is 0 Å². The van der Waals surface area contributed by atoms with Crippen LogP contribution in [0.1, 0.15) is 0 Å². The maximum atomic E-state index is 0. The summed E-state index contributed by atoms with van der Waals surface area (Å²) in [6.07, 6.45) is 0. The van der Waals surface area contributed by atoms with E-state index in [1.54, 1.807) is 0 Å². The van der Waals surface area contributed by atoms with E-state index >= 15 is 0 Å². The van der Waals surface area contributed by atoms with Crippen molar-refractivity contribution in [2.45, 2.75) is 0 Å². The van der Waals surface area contributed by atoms with Gasteiger partial charge in [-0.05, 0) is 0 Å². The van der Waals surface area contributed by atoms with Gasteiger partial charge < -0.3 is 112 Å². The Labute approximate surface area is 214 Å². The van der Waals surface area contributed by atoms with Crippen molar-refractivity contribution >= 4 is 0 Å². The molecule has 89 valence electrons. The molecule has 0 saturated carbocycles. The maximum absolute atomic E-state index is 0. The third-order valence-corrected chi connectivity index (χ3v) is 0. The molecular formula is Cl9ErHoY. The van der Waals surface area contributed by atoms with Crippen LogP contribution in [0.2, 0.25) is 0 Å². The quantitative estimate of drug-likeness (QED) is 0.217. The van der Waals surface area contributed by atoms with Crippen LogP contribution < -0.4 is 112 Å². The van der Waals surface area contributed by atoms with E-state index in [1.165, 1.54) is 0 Å². The second-order valence-corrected chi connectivity index (χ2v) is 0. The van der Waals surface area contributed by atoms with Gasteiger partial charge in [0.2, 0.25) is 0 Å². The number of rotatable bonds is 0. The summed E-state index contributed by atoms with van der Waals surface area (Å²) in [4.78, 5) is 0. The van der Waals surface area contributed by atoms with Crippen molar-refractivity contribution in [3.8, 4) is 0 Å².